The molecule has 2 rings (SSSR count). The second-order valence-corrected chi connectivity index (χ2v) is 7.55. The van der Waals surface area contributed by atoms with Crippen LogP contribution in [0.1, 0.15) is 12.8 Å². The lowest BCUT2D eigenvalue weighted by atomic mass is 10.2. The smallest absolute Gasteiger partial charge is 0.207 e. The van der Waals surface area contributed by atoms with Gasteiger partial charge in [-0.25, -0.2) is 8.42 Å². The summed E-state index contributed by atoms with van der Waals surface area (Å²) in [6, 6.07) is 4.32. The highest BCUT2D eigenvalue weighted by Crippen LogP contribution is 2.28. The molecule has 1 heterocycles. The van der Waals surface area contributed by atoms with Gasteiger partial charge < -0.3 is 0 Å². The lowest BCUT2D eigenvalue weighted by Gasteiger charge is -2.28. The van der Waals surface area contributed by atoms with Crippen molar-refractivity contribution in [3.05, 3.63) is 28.2 Å². The van der Waals surface area contributed by atoms with E-state index in [1.807, 2.05) is 0 Å². The molecule has 1 aliphatic rings. The summed E-state index contributed by atoms with van der Waals surface area (Å²) in [5.41, 5.74) is 0. The minimum atomic E-state index is -3.53. The number of piperidine rings is 1. The highest BCUT2D eigenvalue weighted by atomic mass is 35.5. The van der Waals surface area contributed by atoms with E-state index >= 15 is 0 Å². The van der Waals surface area contributed by atoms with Crippen LogP contribution in [0.4, 0.5) is 0 Å². The fourth-order valence-corrected chi connectivity index (χ4v) is 4.21. The van der Waals surface area contributed by atoms with E-state index in [2.05, 4.69) is 0 Å². The molecule has 0 amide bonds. The molecule has 1 fully saturated rings. The van der Waals surface area contributed by atoms with Crippen molar-refractivity contribution in [2.24, 2.45) is 0 Å². The van der Waals surface area contributed by atoms with Crippen LogP contribution in [-0.2, 0) is 10.0 Å². The van der Waals surface area contributed by atoms with Crippen LogP contribution in [0.15, 0.2) is 23.1 Å². The van der Waals surface area contributed by atoms with Gasteiger partial charge in [0.05, 0.1) is 14.9 Å². The van der Waals surface area contributed by atoms with Crippen LogP contribution in [0.5, 0.6) is 0 Å². The standard InChI is InChI=1S/C11H12Cl3NO2S/c12-8-2-1-5-15(7-8)18(16,17)9-3-4-10(13)11(14)6-9/h3-4,6,8H,1-2,5,7H2. The Morgan fingerprint density at radius 3 is 2.56 bits per heavy atom. The second-order valence-electron chi connectivity index (χ2n) is 4.18. The number of hydrogen-bond acceptors (Lipinski definition) is 2. The molecule has 0 bridgehead atoms. The number of benzene rings is 1. The first-order valence-corrected chi connectivity index (χ1v) is 8.14. The Hall–Kier alpha value is -0.000000000000000111. The van der Waals surface area contributed by atoms with Crippen LogP contribution in [0.2, 0.25) is 10.0 Å². The zero-order chi connectivity index (χ0) is 13.3. The number of rotatable bonds is 2. The maximum Gasteiger partial charge on any atom is 0.243 e. The Kier molecular flexibility index (Phi) is 4.44. The third kappa shape index (κ3) is 2.94. The lowest BCUT2D eigenvalue weighted by molar-refractivity contribution is 0.350. The first kappa shape index (κ1) is 14.4. The van der Waals surface area contributed by atoms with Gasteiger partial charge in [0.15, 0.2) is 0 Å². The predicted molar refractivity (Wildman–Crippen MR) is 74.1 cm³/mol. The van der Waals surface area contributed by atoms with E-state index in [9.17, 15) is 8.42 Å². The number of halogens is 3. The van der Waals surface area contributed by atoms with Gasteiger partial charge in [-0.15, -0.1) is 11.6 Å². The third-order valence-corrected chi connectivity index (χ3v) is 5.81. The summed E-state index contributed by atoms with van der Waals surface area (Å²) in [7, 11) is -3.53. The number of hydrogen-bond donors (Lipinski definition) is 0. The first-order valence-electron chi connectivity index (χ1n) is 5.50. The van der Waals surface area contributed by atoms with Crippen molar-refractivity contribution in [1.82, 2.24) is 4.31 Å². The molecular weight excluding hydrogens is 317 g/mol. The zero-order valence-electron chi connectivity index (χ0n) is 9.44. The van der Waals surface area contributed by atoms with Gasteiger partial charge >= 0.3 is 0 Å². The second kappa shape index (κ2) is 5.55. The summed E-state index contributed by atoms with van der Waals surface area (Å²) < 4.78 is 26.1. The number of nitrogens with zero attached hydrogens (tertiary/aromatic N) is 1. The maximum atomic E-state index is 12.4. The molecule has 0 spiro atoms. The summed E-state index contributed by atoms with van der Waals surface area (Å²) in [6.45, 7) is 0.829. The number of alkyl halides is 1. The molecule has 0 radical (unpaired) electrons. The van der Waals surface area contributed by atoms with Crippen LogP contribution in [0, 0.1) is 0 Å². The minimum absolute atomic E-state index is 0.128. The molecular formula is C11H12Cl3NO2S. The Balaban J connectivity index is 2.32. The Bertz CT molecular complexity index is 547. The molecule has 1 saturated heterocycles. The lowest BCUT2D eigenvalue weighted by Crippen LogP contribution is -2.40. The maximum absolute atomic E-state index is 12.4. The van der Waals surface area contributed by atoms with Crippen LogP contribution in [0.3, 0.4) is 0 Å². The average Bonchev–Trinajstić information content (AvgIpc) is 2.32. The van der Waals surface area contributed by atoms with Gasteiger partial charge in [-0.05, 0) is 31.0 Å². The van der Waals surface area contributed by atoms with Crippen molar-refractivity contribution < 1.29 is 8.42 Å². The fourth-order valence-electron chi connectivity index (χ4n) is 1.90. The van der Waals surface area contributed by atoms with E-state index in [-0.39, 0.29) is 15.3 Å². The van der Waals surface area contributed by atoms with E-state index in [0.29, 0.717) is 18.1 Å². The molecule has 3 nitrogen and oxygen atoms in total. The van der Waals surface area contributed by atoms with Crippen molar-refractivity contribution in [3.8, 4) is 0 Å². The van der Waals surface area contributed by atoms with E-state index in [0.717, 1.165) is 12.8 Å². The SMILES string of the molecule is O=S(=O)(c1ccc(Cl)c(Cl)c1)N1CCCC(Cl)C1. The van der Waals surface area contributed by atoms with Gasteiger partial charge in [-0.1, -0.05) is 23.2 Å². The van der Waals surface area contributed by atoms with E-state index < -0.39 is 10.0 Å². The zero-order valence-corrected chi connectivity index (χ0v) is 12.5. The van der Waals surface area contributed by atoms with Gasteiger partial charge in [-0.2, -0.15) is 4.31 Å². The Morgan fingerprint density at radius 2 is 1.94 bits per heavy atom. The Morgan fingerprint density at radius 1 is 1.22 bits per heavy atom. The summed E-state index contributed by atoms with van der Waals surface area (Å²) in [6.07, 6.45) is 1.61. The van der Waals surface area contributed by atoms with E-state index in [1.165, 1.54) is 22.5 Å². The van der Waals surface area contributed by atoms with Crippen molar-refractivity contribution in [3.63, 3.8) is 0 Å². The molecule has 100 valence electrons. The molecule has 7 heteroatoms. The van der Waals surface area contributed by atoms with E-state index in [4.69, 9.17) is 34.8 Å². The Labute approximate surface area is 122 Å². The van der Waals surface area contributed by atoms with Gasteiger partial charge in [-0.3, -0.25) is 0 Å². The van der Waals surface area contributed by atoms with Crippen molar-refractivity contribution in [2.45, 2.75) is 23.1 Å². The topological polar surface area (TPSA) is 37.4 Å². The van der Waals surface area contributed by atoms with E-state index in [1.54, 1.807) is 0 Å². The van der Waals surface area contributed by atoms with Crippen LogP contribution < -0.4 is 0 Å². The molecule has 0 aromatic heterocycles. The largest absolute Gasteiger partial charge is 0.243 e. The van der Waals surface area contributed by atoms with Gasteiger partial charge in [0.1, 0.15) is 0 Å². The van der Waals surface area contributed by atoms with Crippen molar-refractivity contribution in [2.75, 3.05) is 13.1 Å². The predicted octanol–water partition coefficient (Wildman–Crippen LogP) is 3.39. The molecule has 0 N–H and O–H groups in total. The monoisotopic (exact) mass is 327 g/mol. The fraction of sp³-hybridized carbons (Fsp3) is 0.455. The highest BCUT2D eigenvalue weighted by molar-refractivity contribution is 7.89. The van der Waals surface area contributed by atoms with Crippen molar-refractivity contribution >= 4 is 44.8 Å². The summed E-state index contributed by atoms with van der Waals surface area (Å²) >= 11 is 17.6. The normalized spacial score (nSPS) is 22.1. The quantitative estimate of drug-likeness (QED) is 0.780. The van der Waals surface area contributed by atoms with Crippen LogP contribution in [-0.4, -0.2) is 31.2 Å². The van der Waals surface area contributed by atoms with Gasteiger partial charge in [0.25, 0.3) is 0 Å². The molecule has 18 heavy (non-hydrogen) atoms. The average molecular weight is 329 g/mol. The molecule has 1 atom stereocenters. The third-order valence-electron chi connectivity index (χ3n) is 2.86. The number of sulfonamides is 1. The van der Waals surface area contributed by atoms with Crippen LogP contribution >= 0.6 is 34.8 Å². The molecule has 0 saturated carbocycles. The van der Waals surface area contributed by atoms with Gasteiger partial charge in [0.2, 0.25) is 10.0 Å². The highest BCUT2D eigenvalue weighted by Gasteiger charge is 2.29. The molecule has 1 aromatic rings. The molecule has 0 aliphatic carbocycles. The minimum Gasteiger partial charge on any atom is -0.207 e. The molecule has 1 aromatic carbocycles. The van der Waals surface area contributed by atoms with Crippen LogP contribution in [0.25, 0.3) is 0 Å². The van der Waals surface area contributed by atoms with Crippen molar-refractivity contribution in [1.29, 1.82) is 0 Å². The molecule has 1 unspecified atom stereocenters. The summed E-state index contributed by atoms with van der Waals surface area (Å²) in [5, 5.41) is 0.443. The van der Waals surface area contributed by atoms with Gasteiger partial charge in [0, 0.05) is 18.5 Å². The summed E-state index contributed by atoms with van der Waals surface area (Å²) in [5.74, 6) is 0. The summed E-state index contributed by atoms with van der Waals surface area (Å²) in [4.78, 5) is 0.155. The molecule has 1 aliphatic heterocycles. The first-order chi connectivity index (χ1) is 8.41.